The molecule has 1 heteroatoms. The van der Waals surface area contributed by atoms with Crippen molar-refractivity contribution in [1.29, 1.82) is 0 Å². The van der Waals surface area contributed by atoms with E-state index in [1.54, 1.807) is 11.8 Å². The first-order chi connectivity index (χ1) is 4.89. The predicted octanol–water partition coefficient (Wildman–Crippen LogP) is 4.20. The van der Waals surface area contributed by atoms with Gasteiger partial charge >= 0.3 is 0 Å². The molecule has 0 atom stereocenters. The van der Waals surface area contributed by atoms with Gasteiger partial charge in [0.05, 0.1) is 0 Å². The minimum Gasteiger partial charge on any atom is -0.103 e. The van der Waals surface area contributed by atoms with Crippen molar-refractivity contribution in [3.63, 3.8) is 0 Å². The highest BCUT2D eigenvalue weighted by Crippen LogP contribution is 2.37. The molecule has 0 radical (unpaired) electrons. The smallest absolute Gasteiger partial charge is 0.00685 e. The van der Waals surface area contributed by atoms with Gasteiger partial charge in [0.25, 0.3) is 0 Å². The van der Waals surface area contributed by atoms with E-state index < -0.39 is 0 Å². The largest absolute Gasteiger partial charge is 0.103 e. The van der Waals surface area contributed by atoms with Crippen LogP contribution < -0.4 is 0 Å². The predicted molar refractivity (Wildman–Crippen MR) is 55.6 cm³/mol. The van der Waals surface area contributed by atoms with Crippen LogP contribution in [0.1, 0.15) is 34.6 Å². The fourth-order valence-corrected chi connectivity index (χ4v) is 1.88. The highest BCUT2D eigenvalue weighted by atomic mass is 32.2. The van der Waals surface area contributed by atoms with Crippen molar-refractivity contribution in [1.82, 2.24) is 0 Å². The summed E-state index contributed by atoms with van der Waals surface area (Å²) in [5.74, 6) is 0. The maximum absolute atomic E-state index is 3.73. The van der Waals surface area contributed by atoms with Crippen molar-refractivity contribution >= 4 is 11.8 Å². The van der Waals surface area contributed by atoms with E-state index in [1.807, 2.05) is 5.41 Å². The van der Waals surface area contributed by atoms with Gasteiger partial charge in [0.15, 0.2) is 0 Å². The van der Waals surface area contributed by atoms with Crippen molar-refractivity contribution in [3.05, 3.63) is 22.5 Å². The molecule has 0 saturated heterocycles. The van der Waals surface area contributed by atoms with Gasteiger partial charge in [-0.25, -0.2) is 0 Å². The van der Waals surface area contributed by atoms with Gasteiger partial charge in [-0.15, -0.1) is 11.8 Å². The van der Waals surface area contributed by atoms with Gasteiger partial charge in [-0.2, -0.15) is 0 Å². The Morgan fingerprint density at radius 3 is 1.82 bits per heavy atom. The Labute approximate surface area is 74.8 Å². The highest BCUT2D eigenvalue weighted by molar-refractivity contribution is 8.05. The number of rotatable bonds is 2. The molecule has 0 rings (SSSR count). The van der Waals surface area contributed by atoms with E-state index in [-0.39, 0.29) is 5.41 Å². The molecule has 0 amide bonds. The van der Waals surface area contributed by atoms with Gasteiger partial charge in [0.1, 0.15) is 0 Å². The summed E-state index contributed by atoms with van der Waals surface area (Å²) in [4.78, 5) is 1.42. The molecule has 0 nitrogen and oxygen atoms in total. The molecule has 0 aromatic heterocycles. The van der Waals surface area contributed by atoms with Crippen LogP contribution in [-0.2, 0) is 0 Å². The second-order valence-corrected chi connectivity index (χ2v) is 4.84. The van der Waals surface area contributed by atoms with Gasteiger partial charge in [0.2, 0.25) is 0 Å². The molecule has 0 heterocycles. The monoisotopic (exact) mass is 170 g/mol. The molecule has 0 unspecified atom stereocenters. The minimum atomic E-state index is 0.262. The van der Waals surface area contributed by atoms with Crippen LogP contribution in [0.5, 0.6) is 0 Å². The number of hydrogen-bond donors (Lipinski definition) is 0. The van der Waals surface area contributed by atoms with Gasteiger partial charge in [-0.05, 0) is 29.6 Å². The fourth-order valence-electron chi connectivity index (χ4n) is 1.13. The topological polar surface area (TPSA) is 0 Å². The zero-order valence-corrected chi connectivity index (χ0v) is 9.01. The maximum atomic E-state index is 3.73. The van der Waals surface area contributed by atoms with E-state index in [4.69, 9.17) is 0 Å². The molecule has 0 aliphatic heterocycles. The Kier molecular flexibility index (Phi) is 3.95. The van der Waals surface area contributed by atoms with Crippen molar-refractivity contribution in [2.24, 2.45) is 5.41 Å². The standard InChI is InChI=1S/C10H18S/c1-7-11-9(8(2)3)10(4,5)6/h7H,1H2,2-6H3. The molecule has 0 bridgehead atoms. The average molecular weight is 170 g/mol. The van der Waals surface area contributed by atoms with Crippen LogP contribution in [0.25, 0.3) is 0 Å². The second kappa shape index (κ2) is 4.01. The van der Waals surface area contributed by atoms with Crippen molar-refractivity contribution in [3.8, 4) is 0 Å². The average Bonchev–Trinajstić information content (AvgIpc) is 1.79. The van der Waals surface area contributed by atoms with Crippen molar-refractivity contribution in [2.45, 2.75) is 34.6 Å². The Bertz CT molecular complexity index is 166. The van der Waals surface area contributed by atoms with Crippen LogP contribution in [0, 0.1) is 5.41 Å². The molecule has 11 heavy (non-hydrogen) atoms. The molecule has 0 saturated carbocycles. The van der Waals surface area contributed by atoms with Crippen LogP contribution in [0.3, 0.4) is 0 Å². The summed E-state index contributed by atoms with van der Waals surface area (Å²) in [5.41, 5.74) is 1.65. The van der Waals surface area contributed by atoms with Crippen LogP contribution in [0.15, 0.2) is 22.5 Å². The molecule has 0 N–H and O–H groups in total. The first-order valence-corrected chi connectivity index (χ1v) is 4.73. The summed E-state index contributed by atoms with van der Waals surface area (Å²) in [5, 5.41) is 1.90. The zero-order chi connectivity index (χ0) is 9.07. The normalized spacial score (nSPS) is 11.0. The van der Waals surface area contributed by atoms with Crippen LogP contribution in [0.4, 0.5) is 0 Å². The van der Waals surface area contributed by atoms with Crippen LogP contribution in [0.2, 0.25) is 0 Å². The summed E-state index contributed by atoms with van der Waals surface area (Å²) in [6.45, 7) is 14.7. The second-order valence-electron chi connectivity index (χ2n) is 3.86. The third-order valence-corrected chi connectivity index (χ3v) is 2.76. The lowest BCUT2D eigenvalue weighted by molar-refractivity contribution is 0.529. The molecule has 0 spiro atoms. The van der Waals surface area contributed by atoms with Crippen molar-refractivity contribution in [2.75, 3.05) is 0 Å². The summed E-state index contributed by atoms with van der Waals surface area (Å²) >= 11 is 1.73. The summed E-state index contributed by atoms with van der Waals surface area (Å²) in [6, 6.07) is 0. The minimum absolute atomic E-state index is 0.262. The van der Waals surface area contributed by atoms with E-state index in [0.29, 0.717) is 0 Å². The summed E-state index contributed by atoms with van der Waals surface area (Å²) in [7, 11) is 0. The van der Waals surface area contributed by atoms with Crippen LogP contribution in [-0.4, -0.2) is 0 Å². The maximum Gasteiger partial charge on any atom is -0.00685 e. The first-order valence-electron chi connectivity index (χ1n) is 3.85. The fraction of sp³-hybridized carbons (Fsp3) is 0.600. The van der Waals surface area contributed by atoms with E-state index in [1.165, 1.54) is 10.5 Å². The summed E-state index contributed by atoms with van der Waals surface area (Å²) in [6.07, 6.45) is 0. The number of hydrogen-bond acceptors (Lipinski definition) is 1. The quantitative estimate of drug-likeness (QED) is 0.598. The Morgan fingerprint density at radius 2 is 1.73 bits per heavy atom. The van der Waals surface area contributed by atoms with E-state index in [2.05, 4.69) is 41.2 Å². The van der Waals surface area contributed by atoms with Gasteiger partial charge in [-0.1, -0.05) is 32.9 Å². The van der Waals surface area contributed by atoms with E-state index >= 15 is 0 Å². The molecule has 0 fully saturated rings. The van der Waals surface area contributed by atoms with Crippen LogP contribution >= 0.6 is 11.8 Å². The first kappa shape index (κ1) is 10.8. The number of allylic oxidation sites excluding steroid dienone is 2. The Morgan fingerprint density at radius 1 is 1.27 bits per heavy atom. The SMILES string of the molecule is C=CSC(=C(C)C)C(C)(C)C. The molecular formula is C10H18S. The lowest BCUT2D eigenvalue weighted by Gasteiger charge is -2.22. The van der Waals surface area contributed by atoms with Gasteiger partial charge in [-0.3, -0.25) is 0 Å². The third kappa shape index (κ3) is 3.66. The lowest BCUT2D eigenvalue weighted by atomic mass is 9.94. The Hall–Kier alpha value is -0.170. The van der Waals surface area contributed by atoms with E-state index in [9.17, 15) is 0 Å². The van der Waals surface area contributed by atoms with Gasteiger partial charge < -0.3 is 0 Å². The molecule has 0 aromatic carbocycles. The summed E-state index contributed by atoms with van der Waals surface area (Å²) < 4.78 is 0. The molecule has 64 valence electrons. The van der Waals surface area contributed by atoms with E-state index in [0.717, 1.165) is 0 Å². The third-order valence-electron chi connectivity index (χ3n) is 1.34. The molecule has 0 aliphatic carbocycles. The lowest BCUT2D eigenvalue weighted by Crippen LogP contribution is -2.07. The molecule has 0 aromatic rings. The Balaban J connectivity index is 4.63. The number of thioether (sulfide) groups is 1. The molecule has 0 aliphatic rings. The van der Waals surface area contributed by atoms with Gasteiger partial charge in [0, 0.05) is 0 Å². The zero-order valence-electron chi connectivity index (χ0n) is 8.19. The van der Waals surface area contributed by atoms with Crippen molar-refractivity contribution < 1.29 is 0 Å². The highest BCUT2D eigenvalue weighted by Gasteiger charge is 2.17. The molecular weight excluding hydrogens is 152 g/mol.